The molecule has 1 saturated carbocycles. The van der Waals surface area contributed by atoms with Gasteiger partial charge < -0.3 is 15.5 Å². The second kappa shape index (κ2) is 2.59. The predicted molar refractivity (Wildman–Crippen MR) is 37.8 cm³/mol. The van der Waals surface area contributed by atoms with Gasteiger partial charge in [-0.25, -0.2) is 0 Å². The molecule has 0 radical (unpaired) electrons. The summed E-state index contributed by atoms with van der Waals surface area (Å²) in [5.41, 5.74) is 3.58. The first kappa shape index (κ1) is 8.71. The second-order valence-electron chi connectivity index (χ2n) is 2.77. The maximum absolute atomic E-state index is 10.6. The number of hydrogen-bond donors (Lipinski definition) is 3. The van der Waals surface area contributed by atoms with Crippen LogP contribution in [0.5, 0.6) is 0 Å². The van der Waals surface area contributed by atoms with Crippen molar-refractivity contribution < 1.29 is 19.1 Å². The maximum Gasteiger partial charge on any atom is 0.338 e. The first-order valence-electron chi connectivity index (χ1n) is 3.27. The largest absolute Gasteiger partial charge is 0.369 e. The highest BCUT2D eigenvalue weighted by molar-refractivity contribution is 7.53. The van der Waals surface area contributed by atoms with E-state index < -0.39 is 19.2 Å². The van der Waals surface area contributed by atoms with Crippen LogP contribution in [0.15, 0.2) is 0 Å². The van der Waals surface area contributed by atoms with Crippen molar-refractivity contribution in [2.24, 2.45) is 11.7 Å². The van der Waals surface area contributed by atoms with Crippen LogP contribution in [0.4, 0.5) is 0 Å². The summed E-state index contributed by atoms with van der Waals surface area (Å²) in [6.45, 7) is 0. The molecule has 5 nitrogen and oxygen atoms in total. The maximum atomic E-state index is 10.6. The second-order valence-corrected chi connectivity index (χ2v) is 4.51. The van der Waals surface area contributed by atoms with Crippen molar-refractivity contribution >= 4 is 13.5 Å². The molecule has 0 bridgehead atoms. The van der Waals surface area contributed by atoms with Gasteiger partial charge in [0.15, 0.2) is 0 Å². The van der Waals surface area contributed by atoms with E-state index in [1.807, 2.05) is 0 Å². The van der Waals surface area contributed by atoms with Crippen molar-refractivity contribution in [2.75, 3.05) is 0 Å². The van der Waals surface area contributed by atoms with Gasteiger partial charge in [-0.15, -0.1) is 0 Å². The molecule has 1 aliphatic rings. The number of amides is 1. The standard InChI is InChI=1S/C5H10NO4P/c6-5(7)4(3-1-2-3)11(8,9)10/h3-4H,1-2H2,(H2,6,7)(H2,8,9,10). The predicted octanol–water partition coefficient (Wildman–Crippen LogP) is -0.572. The van der Waals surface area contributed by atoms with Crippen LogP contribution in [0.25, 0.3) is 0 Å². The molecule has 0 heterocycles. The average molecular weight is 179 g/mol. The van der Waals surface area contributed by atoms with Gasteiger partial charge in [0.1, 0.15) is 5.66 Å². The Labute approximate surface area is 63.7 Å². The third-order valence-electron chi connectivity index (χ3n) is 1.72. The molecule has 0 aromatic heterocycles. The topological polar surface area (TPSA) is 101 Å². The number of rotatable bonds is 3. The van der Waals surface area contributed by atoms with Crippen LogP contribution >= 0.6 is 7.60 Å². The molecule has 0 aromatic carbocycles. The molecule has 1 aliphatic carbocycles. The van der Waals surface area contributed by atoms with Crippen LogP contribution < -0.4 is 5.73 Å². The molecular formula is C5H10NO4P. The van der Waals surface area contributed by atoms with E-state index in [1.165, 1.54) is 0 Å². The summed E-state index contributed by atoms with van der Waals surface area (Å²) in [5, 5.41) is 0. The fraction of sp³-hybridized carbons (Fsp3) is 0.800. The lowest BCUT2D eigenvalue weighted by atomic mass is 10.3. The lowest BCUT2D eigenvalue weighted by molar-refractivity contribution is -0.118. The van der Waals surface area contributed by atoms with Gasteiger partial charge in [-0.05, 0) is 18.8 Å². The van der Waals surface area contributed by atoms with Crippen molar-refractivity contribution in [3.63, 3.8) is 0 Å². The van der Waals surface area contributed by atoms with Gasteiger partial charge in [-0.1, -0.05) is 0 Å². The zero-order chi connectivity index (χ0) is 8.65. The summed E-state index contributed by atoms with van der Waals surface area (Å²) in [6, 6.07) is 0. The van der Waals surface area contributed by atoms with Crippen LogP contribution in [0.2, 0.25) is 0 Å². The van der Waals surface area contributed by atoms with Crippen molar-refractivity contribution in [1.82, 2.24) is 0 Å². The molecule has 1 rings (SSSR count). The molecule has 6 heteroatoms. The number of primary amides is 1. The molecule has 1 unspecified atom stereocenters. The SMILES string of the molecule is NC(=O)C(C1CC1)P(=O)(O)O. The van der Waals surface area contributed by atoms with E-state index in [0.717, 1.165) is 0 Å². The lowest BCUT2D eigenvalue weighted by Crippen LogP contribution is -2.30. The highest BCUT2D eigenvalue weighted by Gasteiger charge is 2.45. The number of carbonyl (C=O) groups is 1. The molecule has 4 N–H and O–H groups in total. The highest BCUT2D eigenvalue weighted by Crippen LogP contribution is 2.52. The van der Waals surface area contributed by atoms with E-state index in [2.05, 4.69) is 0 Å². The highest BCUT2D eigenvalue weighted by atomic mass is 31.2. The molecule has 11 heavy (non-hydrogen) atoms. The van der Waals surface area contributed by atoms with E-state index >= 15 is 0 Å². The summed E-state index contributed by atoms with van der Waals surface area (Å²) in [4.78, 5) is 27.9. The Morgan fingerprint density at radius 2 is 2.00 bits per heavy atom. The van der Waals surface area contributed by atoms with Crippen LogP contribution in [0.3, 0.4) is 0 Å². The Balaban J connectivity index is 2.74. The molecule has 0 aliphatic heterocycles. The van der Waals surface area contributed by atoms with Gasteiger partial charge in [0.05, 0.1) is 0 Å². The quantitative estimate of drug-likeness (QED) is 0.505. The Morgan fingerprint density at radius 1 is 1.55 bits per heavy atom. The normalized spacial score (nSPS) is 21.3. The van der Waals surface area contributed by atoms with Crippen LogP contribution in [-0.4, -0.2) is 21.4 Å². The third-order valence-corrected chi connectivity index (χ3v) is 3.12. The van der Waals surface area contributed by atoms with E-state index in [9.17, 15) is 9.36 Å². The minimum Gasteiger partial charge on any atom is -0.369 e. The summed E-state index contributed by atoms with van der Waals surface area (Å²) in [5.74, 6) is -1.07. The minimum absolute atomic E-state index is 0.187. The van der Waals surface area contributed by atoms with Gasteiger partial charge in [0.25, 0.3) is 0 Å². The summed E-state index contributed by atoms with van der Waals surface area (Å²) in [6.07, 6.45) is 1.39. The number of nitrogens with two attached hydrogens (primary N) is 1. The fourth-order valence-corrected chi connectivity index (χ4v) is 2.26. The Morgan fingerprint density at radius 3 is 2.09 bits per heavy atom. The smallest absolute Gasteiger partial charge is 0.338 e. The molecule has 64 valence electrons. The molecule has 1 fully saturated rings. The number of carbonyl (C=O) groups excluding carboxylic acids is 1. The summed E-state index contributed by atoms with van der Waals surface area (Å²) < 4.78 is 10.6. The van der Waals surface area contributed by atoms with Crippen molar-refractivity contribution in [3.8, 4) is 0 Å². The zero-order valence-corrected chi connectivity index (χ0v) is 6.70. The molecular weight excluding hydrogens is 169 g/mol. The minimum atomic E-state index is -4.30. The molecule has 0 spiro atoms. The fourth-order valence-electron chi connectivity index (χ4n) is 1.08. The van der Waals surface area contributed by atoms with Crippen LogP contribution in [-0.2, 0) is 9.36 Å². The van der Waals surface area contributed by atoms with Crippen molar-refractivity contribution in [1.29, 1.82) is 0 Å². The lowest BCUT2D eigenvalue weighted by Gasteiger charge is -2.12. The van der Waals surface area contributed by atoms with E-state index in [0.29, 0.717) is 12.8 Å². The Bertz CT molecular complexity index is 219. The van der Waals surface area contributed by atoms with Crippen LogP contribution in [0, 0.1) is 5.92 Å². The van der Waals surface area contributed by atoms with Gasteiger partial charge in [0.2, 0.25) is 5.91 Å². The van der Waals surface area contributed by atoms with Crippen LogP contribution in [0.1, 0.15) is 12.8 Å². The van der Waals surface area contributed by atoms with Gasteiger partial charge >= 0.3 is 7.60 Å². The first-order valence-corrected chi connectivity index (χ1v) is 4.95. The van der Waals surface area contributed by atoms with Gasteiger partial charge in [-0.3, -0.25) is 9.36 Å². The van der Waals surface area contributed by atoms with E-state index in [4.69, 9.17) is 15.5 Å². The first-order chi connectivity index (χ1) is 4.93. The summed E-state index contributed by atoms with van der Waals surface area (Å²) >= 11 is 0. The average Bonchev–Trinajstić information content (AvgIpc) is 2.42. The molecule has 0 saturated heterocycles. The zero-order valence-electron chi connectivity index (χ0n) is 5.80. The van der Waals surface area contributed by atoms with Crippen molar-refractivity contribution in [2.45, 2.75) is 18.5 Å². The van der Waals surface area contributed by atoms with Crippen molar-refractivity contribution in [3.05, 3.63) is 0 Å². The van der Waals surface area contributed by atoms with Gasteiger partial charge in [0, 0.05) is 0 Å². The molecule has 1 amide bonds. The monoisotopic (exact) mass is 179 g/mol. The Kier molecular flexibility index (Phi) is 2.05. The number of hydrogen-bond acceptors (Lipinski definition) is 2. The van der Waals surface area contributed by atoms with Gasteiger partial charge in [-0.2, -0.15) is 0 Å². The Hall–Kier alpha value is -0.380. The van der Waals surface area contributed by atoms with E-state index in [1.54, 1.807) is 0 Å². The third kappa shape index (κ3) is 2.02. The molecule has 0 aromatic rings. The molecule has 1 atom stereocenters. The van der Waals surface area contributed by atoms with E-state index in [-0.39, 0.29) is 5.92 Å². The summed E-state index contributed by atoms with van der Waals surface area (Å²) in [7, 11) is -4.30.